The van der Waals surface area contributed by atoms with Crippen LogP contribution in [-0.4, -0.2) is 32.3 Å². The van der Waals surface area contributed by atoms with Gasteiger partial charge in [-0.3, -0.25) is 9.48 Å². The van der Waals surface area contributed by atoms with Crippen molar-refractivity contribution in [2.45, 2.75) is 39.3 Å². The quantitative estimate of drug-likeness (QED) is 0.929. The number of aromatic nitrogens is 3. The van der Waals surface area contributed by atoms with E-state index in [0.29, 0.717) is 24.5 Å². The minimum absolute atomic E-state index is 0.0788. The predicted molar refractivity (Wildman–Crippen MR) is 76.6 cm³/mol. The molecule has 0 aliphatic carbocycles. The topological polar surface area (TPSA) is 90.2 Å². The molecule has 0 radical (unpaired) electrons. The minimum Gasteiger partial charge on any atom is -0.396 e. The van der Waals surface area contributed by atoms with Crippen LogP contribution >= 0.6 is 0 Å². The molecule has 0 bridgehead atoms. The maximum atomic E-state index is 12.7. The highest BCUT2D eigenvalue weighted by Crippen LogP contribution is 2.33. The Labute approximate surface area is 122 Å². The van der Waals surface area contributed by atoms with Gasteiger partial charge < -0.3 is 15.2 Å². The van der Waals surface area contributed by atoms with Crippen molar-refractivity contribution in [3.8, 4) is 0 Å². The van der Waals surface area contributed by atoms with Crippen LogP contribution in [0.2, 0.25) is 0 Å². The number of rotatable bonds is 3. The molecule has 1 aliphatic heterocycles. The Morgan fingerprint density at radius 1 is 1.57 bits per heavy atom. The monoisotopic (exact) mass is 289 g/mol. The second-order valence-corrected chi connectivity index (χ2v) is 5.32. The summed E-state index contributed by atoms with van der Waals surface area (Å²) in [6.07, 6.45) is 3.50. The number of hydrogen-bond acceptors (Lipinski definition) is 5. The summed E-state index contributed by atoms with van der Waals surface area (Å²) in [6, 6.07) is 1.80. The largest absolute Gasteiger partial charge is 0.396 e. The average molecular weight is 289 g/mol. The van der Waals surface area contributed by atoms with Gasteiger partial charge in [0.2, 0.25) is 0 Å². The first-order chi connectivity index (χ1) is 10.1. The number of nitrogens with two attached hydrogens (primary N) is 1. The second-order valence-electron chi connectivity index (χ2n) is 5.32. The van der Waals surface area contributed by atoms with Crippen LogP contribution in [0.15, 0.2) is 16.8 Å². The number of nitrogens with zero attached hydrogens (tertiary/aromatic N) is 4. The van der Waals surface area contributed by atoms with Crippen LogP contribution < -0.4 is 5.73 Å². The zero-order valence-electron chi connectivity index (χ0n) is 12.2. The Balaban J connectivity index is 1.87. The van der Waals surface area contributed by atoms with Crippen LogP contribution in [-0.2, 0) is 6.54 Å². The highest BCUT2D eigenvalue weighted by Gasteiger charge is 2.35. The number of hydrogen-bond donors (Lipinski definition) is 1. The summed E-state index contributed by atoms with van der Waals surface area (Å²) in [6.45, 7) is 5.19. The number of carbonyl (C=O) groups excluding carboxylic acids is 1. The van der Waals surface area contributed by atoms with E-state index in [1.165, 1.54) is 0 Å². The molecule has 2 aromatic heterocycles. The van der Waals surface area contributed by atoms with Gasteiger partial charge in [-0.2, -0.15) is 5.10 Å². The van der Waals surface area contributed by atoms with Gasteiger partial charge >= 0.3 is 0 Å². The predicted octanol–water partition coefficient (Wildman–Crippen LogP) is 1.76. The number of anilines is 1. The third kappa shape index (κ3) is 2.39. The highest BCUT2D eigenvalue weighted by atomic mass is 16.5. The Morgan fingerprint density at radius 3 is 3.00 bits per heavy atom. The van der Waals surface area contributed by atoms with E-state index in [2.05, 4.69) is 10.3 Å². The van der Waals surface area contributed by atoms with Crippen LogP contribution in [0.5, 0.6) is 0 Å². The van der Waals surface area contributed by atoms with Crippen LogP contribution in [0.4, 0.5) is 5.69 Å². The summed E-state index contributed by atoms with van der Waals surface area (Å²) in [5.74, 6) is 0.586. The molecule has 1 fully saturated rings. The fraction of sp³-hybridized carbons (Fsp3) is 0.500. The molecule has 0 aromatic carbocycles. The number of nitrogen functional groups attached to an aromatic ring is 1. The van der Waals surface area contributed by atoms with E-state index in [-0.39, 0.29) is 11.9 Å². The van der Waals surface area contributed by atoms with Gasteiger partial charge in [0, 0.05) is 25.4 Å². The van der Waals surface area contributed by atoms with Crippen LogP contribution in [0.3, 0.4) is 0 Å². The summed E-state index contributed by atoms with van der Waals surface area (Å²) in [7, 11) is 0. The van der Waals surface area contributed by atoms with Gasteiger partial charge in [0.1, 0.15) is 0 Å². The van der Waals surface area contributed by atoms with Crippen molar-refractivity contribution >= 4 is 11.6 Å². The van der Waals surface area contributed by atoms with Crippen molar-refractivity contribution in [3.05, 3.63) is 29.4 Å². The van der Waals surface area contributed by atoms with E-state index in [9.17, 15) is 4.79 Å². The van der Waals surface area contributed by atoms with Crippen LogP contribution in [0, 0.1) is 6.92 Å². The van der Waals surface area contributed by atoms with Gasteiger partial charge in [-0.15, -0.1) is 0 Å². The zero-order chi connectivity index (χ0) is 15.0. The maximum absolute atomic E-state index is 12.7. The summed E-state index contributed by atoms with van der Waals surface area (Å²) in [4.78, 5) is 14.5. The van der Waals surface area contributed by atoms with Gasteiger partial charge in [0.15, 0.2) is 11.5 Å². The molecule has 0 saturated carbocycles. The lowest BCUT2D eigenvalue weighted by Gasteiger charge is -2.21. The van der Waals surface area contributed by atoms with E-state index in [4.69, 9.17) is 10.3 Å². The molecule has 3 heterocycles. The first-order valence-electron chi connectivity index (χ1n) is 7.17. The smallest absolute Gasteiger partial charge is 0.277 e. The molecule has 112 valence electrons. The number of aryl methyl sites for hydroxylation is 2. The van der Waals surface area contributed by atoms with Crippen molar-refractivity contribution in [1.82, 2.24) is 19.8 Å². The van der Waals surface area contributed by atoms with E-state index in [0.717, 1.165) is 24.3 Å². The third-order valence-corrected chi connectivity index (χ3v) is 3.80. The van der Waals surface area contributed by atoms with Gasteiger partial charge in [-0.05, 0) is 26.7 Å². The molecular formula is C14H19N5O2. The maximum Gasteiger partial charge on any atom is 0.277 e. The van der Waals surface area contributed by atoms with E-state index in [1.54, 1.807) is 15.8 Å². The van der Waals surface area contributed by atoms with Crippen molar-refractivity contribution < 1.29 is 9.32 Å². The number of amides is 1. The average Bonchev–Trinajstić information content (AvgIpc) is 3.16. The first-order valence-corrected chi connectivity index (χ1v) is 7.17. The lowest BCUT2D eigenvalue weighted by molar-refractivity contribution is 0.0708. The Bertz CT molecular complexity index is 660. The van der Waals surface area contributed by atoms with E-state index in [1.807, 2.05) is 19.9 Å². The molecule has 7 nitrogen and oxygen atoms in total. The highest BCUT2D eigenvalue weighted by molar-refractivity contribution is 5.97. The van der Waals surface area contributed by atoms with Crippen molar-refractivity contribution in [2.24, 2.45) is 0 Å². The van der Waals surface area contributed by atoms with Crippen LogP contribution in [0.1, 0.15) is 47.7 Å². The van der Waals surface area contributed by atoms with Gasteiger partial charge in [-0.1, -0.05) is 5.16 Å². The standard InChI is InChI=1S/C14H19N5O2/c1-3-18-8-10(15)13(16-18)14(20)19-6-4-5-11(19)12-7-9(2)17-21-12/h7-8,11H,3-6,15H2,1-2H3. The molecule has 1 unspecified atom stereocenters. The normalized spacial score (nSPS) is 18.4. The van der Waals surface area contributed by atoms with Gasteiger partial charge in [0.05, 0.1) is 17.4 Å². The second kappa shape index (κ2) is 5.23. The number of carbonyl (C=O) groups is 1. The molecule has 2 aromatic rings. The van der Waals surface area contributed by atoms with Gasteiger partial charge in [0.25, 0.3) is 5.91 Å². The van der Waals surface area contributed by atoms with Crippen molar-refractivity contribution in [1.29, 1.82) is 0 Å². The molecule has 21 heavy (non-hydrogen) atoms. The summed E-state index contributed by atoms with van der Waals surface area (Å²) >= 11 is 0. The molecule has 1 aliphatic rings. The fourth-order valence-electron chi connectivity index (χ4n) is 2.75. The molecule has 7 heteroatoms. The SMILES string of the molecule is CCn1cc(N)c(C(=O)N2CCCC2c2cc(C)no2)n1. The first kappa shape index (κ1) is 13.7. The van der Waals surface area contributed by atoms with Crippen molar-refractivity contribution in [3.63, 3.8) is 0 Å². The third-order valence-electron chi connectivity index (χ3n) is 3.80. The van der Waals surface area contributed by atoms with Gasteiger partial charge in [-0.25, -0.2) is 0 Å². The molecule has 1 amide bonds. The molecular weight excluding hydrogens is 270 g/mol. The Morgan fingerprint density at radius 2 is 2.38 bits per heavy atom. The summed E-state index contributed by atoms with van der Waals surface area (Å²) < 4.78 is 6.99. The zero-order valence-corrected chi connectivity index (χ0v) is 12.2. The Kier molecular flexibility index (Phi) is 3.40. The Hall–Kier alpha value is -2.31. The van der Waals surface area contributed by atoms with E-state index < -0.39 is 0 Å². The van der Waals surface area contributed by atoms with Crippen LogP contribution in [0.25, 0.3) is 0 Å². The molecule has 0 spiro atoms. The number of likely N-dealkylation sites (tertiary alicyclic amines) is 1. The minimum atomic E-state index is -0.142. The molecule has 1 atom stereocenters. The lowest BCUT2D eigenvalue weighted by Crippen LogP contribution is -2.31. The van der Waals surface area contributed by atoms with Crippen molar-refractivity contribution in [2.75, 3.05) is 12.3 Å². The summed E-state index contributed by atoms with van der Waals surface area (Å²) in [5.41, 5.74) is 7.46. The molecule has 2 N–H and O–H groups in total. The molecule has 1 saturated heterocycles. The van der Waals surface area contributed by atoms with E-state index >= 15 is 0 Å². The molecule has 3 rings (SSSR count). The summed E-state index contributed by atoms with van der Waals surface area (Å²) in [5, 5.41) is 8.17. The fourth-order valence-corrected chi connectivity index (χ4v) is 2.75. The lowest BCUT2D eigenvalue weighted by atomic mass is 10.1.